The highest BCUT2D eigenvalue weighted by atomic mass is 16.3. The molecule has 5 heteroatoms. The number of rotatable bonds is 4. The summed E-state index contributed by atoms with van der Waals surface area (Å²) >= 11 is 0. The topological polar surface area (TPSA) is 77.8 Å². The number of benzene rings is 1. The maximum Gasteiger partial charge on any atom is 0.290 e. The molecule has 1 aromatic rings. The van der Waals surface area contributed by atoms with E-state index in [4.69, 9.17) is 0 Å². The van der Waals surface area contributed by atoms with Gasteiger partial charge in [-0.15, -0.1) is 0 Å². The zero-order valence-electron chi connectivity index (χ0n) is 12.3. The molecule has 112 valence electrons. The minimum absolute atomic E-state index is 0.107. The highest BCUT2D eigenvalue weighted by molar-refractivity contribution is 6.08. The molecule has 0 radical (unpaired) electrons. The highest BCUT2D eigenvalue weighted by Crippen LogP contribution is 2.38. The number of carbonyl (C=O) groups is 2. The normalized spacial score (nSPS) is 18.8. The number of aromatic hydroxyl groups is 1. The summed E-state index contributed by atoms with van der Waals surface area (Å²) in [7, 11) is 0. The standard InChI is InChI=1S/C16H19NO4/c1-9(2)8-17-14(11-4-6-12(19)7-5-11)13(10(3)18)15(20)16(17)21/h4-7,9,14,19-20H,8H2,1-3H3. The average molecular weight is 289 g/mol. The molecule has 1 amide bonds. The largest absolute Gasteiger partial charge is 0.508 e. The molecule has 1 heterocycles. The van der Waals surface area contributed by atoms with Crippen molar-refractivity contribution in [2.24, 2.45) is 5.92 Å². The Hall–Kier alpha value is -2.30. The first-order valence-electron chi connectivity index (χ1n) is 6.87. The third-order valence-electron chi connectivity index (χ3n) is 3.45. The number of phenolic OH excluding ortho intramolecular Hbond substituents is 1. The van der Waals surface area contributed by atoms with Crippen LogP contribution in [0.5, 0.6) is 5.75 Å². The Morgan fingerprint density at radius 3 is 2.29 bits per heavy atom. The maximum absolute atomic E-state index is 12.2. The summed E-state index contributed by atoms with van der Waals surface area (Å²) in [5.74, 6) is -1.01. The number of aliphatic hydroxyl groups is 1. The van der Waals surface area contributed by atoms with E-state index in [9.17, 15) is 19.8 Å². The molecule has 0 fully saturated rings. The highest BCUT2D eigenvalue weighted by Gasteiger charge is 2.42. The maximum atomic E-state index is 12.2. The lowest BCUT2D eigenvalue weighted by molar-refractivity contribution is -0.129. The molecule has 0 saturated carbocycles. The van der Waals surface area contributed by atoms with Crippen molar-refractivity contribution >= 4 is 11.7 Å². The molecule has 1 atom stereocenters. The molecule has 1 aliphatic heterocycles. The molecule has 1 aliphatic rings. The Kier molecular flexibility index (Phi) is 4.02. The van der Waals surface area contributed by atoms with Gasteiger partial charge in [0.05, 0.1) is 11.6 Å². The first-order valence-corrected chi connectivity index (χ1v) is 6.87. The van der Waals surface area contributed by atoms with Crippen LogP contribution in [0.3, 0.4) is 0 Å². The van der Waals surface area contributed by atoms with Gasteiger partial charge in [0.25, 0.3) is 5.91 Å². The Morgan fingerprint density at radius 1 is 1.24 bits per heavy atom. The van der Waals surface area contributed by atoms with E-state index in [0.717, 1.165) is 0 Å². The van der Waals surface area contributed by atoms with Crippen LogP contribution in [0, 0.1) is 5.92 Å². The Labute approximate surface area is 123 Å². The van der Waals surface area contributed by atoms with Crippen LogP contribution in [-0.2, 0) is 9.59 Å². The molecule has 0 aromatic heterocycles. The van der Waals surface area contributed by atoms with Crippen molar-refractivity contribution in [2.45, 2.75) is 26.8 Å². The molecule has 21 heavy (non-hydrogen) atoms. The van der Waals surface area contributed by atoms with E-state index in [2.05, 4.69) is 0 Å². The average Bonchev–Trinajstić information content (AvgIpc) is 2.64. The van der Waals surface area contributed by atoms with Gasteiger partial charge in [-0.25, -0.2) is 0 Å². The van der Waals surface area contributed by atoms with Gasteiger partial charge in [-0.2, -0.15) is 0 Å². The second kappa shape index (κ2) is 5.60. The van der Waals surface area contributed by atoms with Crippen LogP contribution in [0.1, 0.15) is 32.4 Å². The number of hydrogen-bond acceptors (Lipinski definition) is 4. The number of nitrogens with zero attached hydrogens (tertiary/aromatic N) is 1. The Bertz CT molecular complexity index is 601. The van der Waals surface area contributed by atoms with Gasteiger partial charge in [-0.1, -0.05) is 26.0 Å². The number of carbonyl (C=O) groups excluding carboxylic acids is 2. The summed E-state index contributed by atoms with van der Waals surface area (Å²) in [6, 6.07) is 5.71. The second-order valence-electron chi connectivity index (χ2n) is 5.66. The molecule has 2 N–H and O–H groups in total. The van der Waals surface area contributed by atoms with Crippen LogP contribution >= 0.6 is 0 Å². The van der Waals surface area contributed by atoms with Crippen molar-refractivity contribution in [3.05, 3.63) is 41.2 Å². The van der Waals surface area contributed by atoms with Gasteiger partial charge in [0, 0.05) is 6.54 Å². The van der Waals surface area contributed by atoms with Crippen LogP contribution < -0.4 is 0 Å². The third-order valence-corrected chi connectivity index (χ3v) is 3.45. The van der Waals surface area contributed by atoms with Crippen LogP contribution in [0.4, 0.5) is 0 Å². The van der Waals surface area contributed by atoms with Gasteiger partial charge in [-0.05, 0) is 30.5 Å². The number of Topliss-reactive ketones (excluding diaryl/α,β-unsaturated/α-hetero) is 1. The molecular formula is C16H19NO4. The van der Waals surface area contributed by atoms with Crippen molar-refractivity contribution in [3.8, 4) is 5.75 Å². The summed E-state index contributed by atoms with van der Waals surface area (Å²) < 4.78 is 0. The fraction of sp³-hybridized carbons (Fsp3) is 0.375. The predicted molar refractivity (Wildman–Crippen MR) is 77.7 cm³/mol. The van der Waals surface area contributed by atoms with Crippen molar-refractivity contribution in [2.75, 3.05) is 6.54 Å². The number of hydrogen-bond donors (Lipinski definition) is 2. The van der Waals surface area contributed by atoms with Crippen molar-refractivity contribution in [1.29, 1.82) is 0 Å². The summed E-state index contributed by atoms with van der Waals surface area (Å²) in [4.78, 5) is 25.6. The molecular weight excluding hydrogens is 270 g/mol. The SMILES string of the molecule is CC(=O)C1=C(O)C(=O)N(CC(C)C)C1c1ccc(O)cc1. The molecule has 2 rings (SSSR count). The van der Waals surface area contributed by atoms with E-state index >= 15 is 0 Å². The lowest BCUT2D eigenvalue weighted by Crippen LogP contribution is -2.34. The zero-order chi connectivity index (χ0) is 15.7. The van der Waals surface area contributed by atoms with Gasteiger partial charge in [-0.3, -0.25) is 9.59 Å². The number of aliphatic hydroxyl groups excluding tert-OH is 1. The second-order valence-corrected chi connectivity index (χ2v) is 5.66. The number of amides is 1. The van der Waals surface area contributed by atoms with Gasteiger partial charge >= 0.3 is 0 Å². The number of phenols is 1. The van der Waals surface area contributed by atoms with Crippen LogP contribution in [-0.4, -0.2) is 33.3 Å². The minimum Gasteiger partial charge on any atom is -0.508 e. The fourth-order valence-corrected chi connectivity index (χ4v) is 2.60. The predicted octanol–water partition coefficient (Wildman–Crippen LogP) is 2.33. The minimum atomic E-state index is -0.599. The summed E-state index contributed by atoms with van der Waals surface area (Å²) in [6.45, 7) is 5.70. The van der Waals surface area contributed by atoms with Crippen molar-refractivity contribution in [1.82, 2.24) is 4.90 Å². The summed E-state index contributed by atoms with van der Waals surface area (Å²) in [5.41, 5.74) is 0.808. The molecule has 0 aliphatic carbocycles. The molecule has 1 unspecified atom stereocenters. The van der Waals surface area contributed by atoms with E-state index in [1.54, 1.807) is 12.1 Å². The zero-order valence-corrected chi connectivity index (χ0v) is 12.3. The molecule has 0 bridgehead atoms. The first kappa shape index (κ1) is 15.1. The van der Waals surface area contributed by atoms with E-state index in [1.165, 1.54) is 24.0 Å². The van der Waals surface area contributed by atoms with Crippen molar-refractivity contribution < 1.29 is 19.8 Å². The molecule has 0 saturated heterocycles. The smallest absolute Gasteiger partial charge is 0.290 e. The van der Waals surface area contributed by atoms with Gasteiger partial charge in [0.1, 0.15) is 5.75 Å². The van der Waals surface area contributed by atoms with E-state index < -0.39 is 17.7 Å². The molecule has 1 aromatic carbocycles. The summed E-state index contributed by atoms with van der Waals surface area (Å²) in [6.07, 6.45) is 0. The van der Waals surface area contributed by atoms with Gasteiger partial charge in [0.15, 0.2) is 11.5 Å². The molecule has 5 nitrogen and oxygen atoms in total. The Balaban J connectivity index is 2.51. The van der Waals surface area contributed by atoms with E-state index in [-0.39, 0.29) is 23.0 Å². The van der Waals surface area contributed by atoms with Crippen LogP contribution in [0.15, 0.2) is 35.6 Å². The third kappa shape index (κ3) is 2.77. The molecule has 0 spiro atoms. The van der Waals surface area contributed by atoms with Crippen molar-refractivity contribution in [3.63, 3.8) is 0 Å². The van der Waals surface area contributed by atoms with Crippen LogP contribution in [0.25, 0.3) is 0 Å². The quantitative estimate of drug-likeness (QED) is 0.891. The fourth-order valence-electron chi connectivity index (χ4n) is 2.60. The van der Waals surface area contributed by atoms with Gasteiger partial charge < -0.3 is 15.1 Å². The van der Waals surface area contributed by atoms with Crippen LogP contribution in [0.2, 0.25) is 0 Å². The first-order chi connectivity index (χ1) is 9.82. The lowest BCUT2D eigenvalue weighted by Gasteiger charge is -2.28. The Morgan fingerprint density at radius 2 is 1.81 bits per heavy atom. The lowest BCUT2D eigenvalue weighted by atomic mass is 9.96. The summed E-state index contributed by atoms with van der Waals surface area (Å²) in [5, 5.41) is 19.4. The van der Waals surface area contributed by atoms with E-state index in [0.29, 0.717) is 12.1 Å². The monoisotopic (exact) mass is 289 g/mol. The van der Waals surface area contributed by atoms with E-state index in [1.807, 2.05) is 13.8 Å². The number of ketones is 1. The van der Waals surface area contributed by atoms with Gasteiger partial charge in [0.2, 0.25) is 0 Å².